The van der Waals surface area contributed by atoms with Crippen molar-refractivity contribution in [3.05, 3.63) is 27.8 Å². The monoisotopic (exact) mass is 394 g/mol. The number of rotatable bonds is 6. The first-order valence-corrected chi connectivity index (χ1v) is 8.05. The van der Waals surface area contributed by atoms with Crippen LogP contribution in [0, 0.1) is 3.57 Å². The number of carboxylic acid groups (broad SMARTS) is 1. The number of benzene rings is 1. The molecule has 0 saturated carbocycles. The summed E-state index contributed by atoms with van der Waals surface area (Å²) < 4.78 is 0.895. The van der Waals surface area contributed by atoms with Gasteiger partial charge in [0.25, 0.3) is 0 Å². The molecule has 0 aliphatic rings. The Kier molecular flexibility index (Phi) is 7.00. The minimum absolute atomic E-state index is 0.399. The van der Waals surface area contributed by atoms with Crippen LogP contribution in [0.1, 0.15) is 6.42 Å². The van der Waals surface area contributed by atoms with Gasteiger partial charge in [-0.25, -0.2) is 9.59 Å². The maximum absolute atomic E-state index is 11.7. The lowest BCUT2D eigenvalue weighted by Crippen LogP contribution is -2.43. The largest absolute Gasteiger partial charge is 0.480 e. The SMILES string of the molecule is CSCCC(NC(=O)Nc1ccccc1I)C(=O)O. The Labute approximate surface area is 129 Å². The molecule has 1 aromatic carbocycles. The van der Waals surface area contributed by atoms with Gasteiger partial charge in [0.15, 0.2) is 0 Å². The van der Waals surface area contributed by atoms with Gasteiger partial charge in [-0.1, -0.05) is 12.1 Å². The van der Waals surface area contributed by atoms with E-state index in [1.165, 1.54) is 0 Å². The predicted molar refractivity (Wildman–Crippen MR) is 85.7 cm³/mol. The molecule has 19 heavy (non-hydrogen) atoms. The fourth-order valence-electron chi connectivity index (χ4n) is 1.37. The summed E-state index contributed by atoms with van der Waals surface area (Å²) in [6, 6.07) is 5.92. The zero-order valence-corrected chi connectivity index (χ0v) is 13.3. The number of hydrogen-bond donors (Lipinski definition) is 3. The zero-order valence-electron chi connectivity index (χ0n) is 10.4. The van der Waals surface area contributed by atoms with Crippen molar-refractivity contribution in [3.63, 3.8) is 0 Å². The summed E-state index contributed by atoms with van der Waals surface area (Å²) in [6.45, 7) is 0. The summed E-state index contributed by atoms with van der Waals surface area (Å²) in [4.78, 5) is 22.8. The molecule has 0 aliphatic carbocycles. The number of carboxylic acids is 1. The van der Waals surface area contributed by atoms with Crippen molar-refractivity contribution < 1.29 is 14.7 Å². The first kappa shape index (κ1) is 16.1. The molecule has 0 aromatic heterocycles. The molecule has 0 spiro atoms. The number of para-hydroxylation sites is 1. The Morgan fingerprint density at radius 1 is 1.42 bits per heavy atom. The maximum Gasteiger partial charge on any atom is 0.326 e. The van der Waals surface area contributed by atoms with E-state index in [0.717, 1.165) is 3.57 Å². The number of anilines is 1. The van der Waals surface area contributed by atoms with E-state index >= 15 is 0 Å². The molecular formula is C12H15IN2O3S. The molecule has 5 nitrogen and oxygen atoms in total. The third-order valence-electron chi connectivity index (χ3n) is 2.34. The topological polar surface area (TPSA) is 78.4 Å². The molecule has 3 N–H and O–H groups in total. The second-order valence-corrected chi connectivity index (χ2v) is 5.90. The molecule has 7 heteroatoms. The van der Waals surface area contributed by atoms with Crippen LogP contribution in [0.15, 0.2) is 24.3 Å². The molecule has 1 rings (SSSR count). The molecule has 104 valence electrons. The molecule has 0 heterocycles. The van der Waals surface area contributed by atoms with Crippen molar-refractivity contribution in [2.75, 3.05) is 17.3 Å². The highest BCUT2D eigenvalue weighted by Gasteiger charge is 2.19. The number of aliphatic carboxylic acids is 1. The van der Waals surface area contributed by atoms with Crippen molar-refractivity contribution in [3.8, 4) is 0 Å². The van der Waals surface area contributed by atoms with Crippen LogP contribution >= 0.6 is 34.4 Å². The van der Waals surface area contributed by atoms with E-state index in [-0.39, 0.29) is 0 Å². The molecule has 0 fully saturated rings. The van der Waals surface area contributed by atoms with Crippen molar-refractivity contribution in [1.82, 2.24) is 5.32 Å². The smallest absolute Gasteiger partial charge is 0.326 e. The van der Waals surface area contributed by atoms with Gasteiger partial charge in [0.1, 0.15) is 6.04 Å². The Morgan fingerprint density at radius 2 is 2.11 bits per heavy atom. The summed E-state index contributed by atoms with van der Waals surface area (Å²) in [5, 5.41) is 14.1. The van der Waals surface area contributed by atoms with Gasteiger partial charge in [-0.3, -0.25) is 0 Å². The number of carbonyl (C=O) groups is 2. The van der Waals surface area contributed by atoms with Crippen LogP contribution in [0.4, 0.5) is 10.5 Å². The van der Waals surface area contributed by atoms with E-state index in [0.29, 0.717) is 17.9 Å². The van der Waals surface area contributed by atoms with Crippen LogP contribution in [0.25, 0.3) is 0 Å². The number of carbonyl (C=O) groups excluding carboxylic acids is 1. The molecule has 1 aromatic rings. The van der Waals surface area contributed by atoms with Gasteiger partial charge in [-0.05, 0) is 53.2 Å². The number of nitrogens with one attached hydrogen (secondary N) is 2. The fraction of sp³-hybridized carbons (Fsp3) is 0.333. The standard InChI is InChI=1S/C12H15IN2O3S/c1-19-7-6-10(11(16)17)15-12(18)14-9-5-3-2-4-8(9)13/h2-5,10H,6-7H2,1H3,(H,16,17)(H2,14,15,18). The summed E-state index contributed by atoms with van der Waals surface area (Å²) in [5.74, 6) is -0.341. The van der Waals surface area contributed by atoms with Crippen molar-refractivity contribution >= 4 is 52.0 Å². The van der Waals surface area contributed by atoms with Gasteiger partial charge >= 0.3 is 12.0 Å². The van der Waals surface area contributed by atoms with Gasteiger partial charge in [-0.2, -0.15) is 11.8 Å². The van der Waals surface area contributed by atoms with Crippen molar-refractivity contribution in [2.24, 2.45) is 0 Å². The average molecular weight is 394 g/mol. The van der Waals surface area contributed by atoms with Gasteiger partial charge < -0.3 is 15.7 Å². The van der Waals surface area contributed by atoms with Crippen LogP contribution in [0.2, 0.25) is 0 Å². The molecule has 1 atom stereocenters. The average Bonchev–Trinajstić information content (AvgIpc) is 2.37. The molecule has 0 aliphatic heterocycles. The molecular weight excluding hydrogens is 379 g/mol. The highest BCUT2D eigenvalue weighted by atomic mass is 127. The Hall–Kier alpha value is -0.960. The molecule has 0 saturated heterocycles. The van der Waals surface area contributed by atoms with Gasteiger partial charge in [0, 0.05) is 3.57 Å². The van der Waals surface area contributed by atoms with E-state index in [2.05, 4.69) is 33.2 Å². The number of amides is 2. The second-order valence-electron chi connectivity index (χ2n) is 3.75. The molecule has 1 unspecified atom stereocenters. The zero-order chi connectivity index (χ0) is 14.3. The highest BCUT2D eigenvalue weighted by Crippen LogP contribution is 2.16. The second kappa shape index (κ2) is 8.26. The normalized spacial score (nSPS) is 11.7. The van der Waals surface area contributed by atoms with E-state index in [1.54, 1.807) is 23.9 Å². The lowest BCUT2D eigenvalue weighted by Gasteiger charge is -2.15. The van der Waals surface area contributed by atoms with E-state index in [9.17, 15) is 9.59 Å². The third-order valence-corrected chi connectivity index (χ3v) is 3.92. The quantitative estimate of drug-likeness (QED) is 0.649. The maximum atomic E-state index is 11.7. The molecule has 2 amide bonds. The third kappa shape index (κ3) is 5.68. The summed E-state index contributed by atoms with van der Waals surface area (Å²) in [7, 11) is 0. The van der Waals surface area contributed by atoms with E-state index < -0.39 is 18.0 Å². The Balaban J connectivity index is 2.58. The predicted octanol–water partition coefficient (Wildman–Crippen LogP) is 2.62. The van der Waals surface area contributed by atoms with Gasteiger partial charge in [-0.15, -0.1) is 0 Å². The Morgan fingerprint density at radius 3 is 2.68 bits per heavy atom. The van der Waals surface area contributed by atoms with Crippen LogP contribution < -0.4 is 10.6 Å². The number of thioether (sulfide) groups is 1. The first-order chi connectivity index (χ1) is 9.04. The lowest BCUT2D eigenvalue weighted by atomic mass is 10.2. The first-order valence-electron chi connectivity index (χ1n) is 5.58. The van der Waals surface area contributed by atoms with Crippen molar-refractivity contribution in [2.45, 2.75) is 12.5 Å². The summed E-state index contributed by atoms with van der Waals surface area (Å²) in [6.07, 6.45) is 2.29. The lowest BCUT2D eigenvalue weighted by molar-refractivity contribution is -0.139. The van der Waals surface area contributed by atoms with Crippen LogP contribution in [0.3, 0.4) is 0 Å². The summed E-state index contributed by atoms with van der Waals surface area (Å²) in [5.41, 5.74) is 0.662. The minimum atomic E-state index is -1.02. The number of hydrogen-bond acceptors (Lipinski definition) is 3. The molecule has 0 radical (unpaired) electrons. The van der Waals surface area contributed by atoms with Gasteiger partial charge in [0.05, 0.1) is 5.69 Å². The Bertz CT molecular complexity index is 456. The van der Waals surface area contributed by atoms with E-state index in [1.807, 2.05) is 18.4 Å². The summed E-state index contributed by atoms with van der Waals surface area (Å²) >= 11 is 3.65. The van der Waals surface area contributed by atoms with E-state index in [4.69, 9.17) is 5.11 Å². The van der Waals surface area contributed by atoms with Crippen LogP contribution in [-0.2, 0) is 4.79 Å². The fourth-order valence-corrected chi connectivity index (χ4v) is 2.37. The molecule has 0 bridgehead atoms. The number of urea groups is 1. The highest BCUT2D eigenvalue weighted by molar-refractivity contribution is 14.1. The van der Waals surface area contributed by atoms with Crippen LogP contribution in [0.5, 0.6) is 0 Å². The van der Waals surface area contributed by atoms with Crippen molar-refractivity contribution in [1.29, 1.82) is 0 Å². The van der Waals surface area contributed by atoms with Gasteiger partial charge in [0.2, 0.25) is 0 Å². The number of halogens is 1. The minimum Gasteiger partial charge on any atom is -0.480 e. The van der Waals surface area contributed by atoms with Crippen LogP contribution in [-0.4, -0.2) is 35.2 Å².